The fraction of sp³-hybridized carbons (Fsp3) is 0.353. The minimum absolute atomic E-state index is 0.0660. The third kappa shape index (κ3) is 3.61. The van der Waals surface area contributed by atoms with Gasteiger partial charge in [0.05, 0.1) is 19.8 Å². The van der Waals surface area contributed by atoms with E-state index in [9.17, 15) is 4.79 Å². The first-order valence-corrected chi connectivity index (χ1v) is 7.20. The molecule has 1 heterocycles. The molecule has 0 bridgehead atoms. The molecule has 1 aromatic carbocycles. The lowest BCUT2D eigenvalue weighted by Crippen LogP contribution is -2.26. The molecule has 0 spiro atoms. The summed E-state index contributed by atoms with van der Waals surface area (Å²) >= 11 is 0. The molecule has 0 radical (unpaired) electrons. The largest absolute Gasteiger partial charge is 0.497 e. The average Bonchev–Trinajstić information content (AvgIpc) is 2.85. The van der Waals surface area contributed by atoms with Gasteiger partial charge in [-0.1, -0.05) is 0 Å². The standard InChI is InChI=1S/C17H22N2O3/c1-11-9-15(12(2)19-11)17(20)18-8-7-13-10-14(21-3)5-6-16(13)22-4/h5-6,9-10,19H,7-8H2,1-4H3,(H,18,20). The van der Waals surface area contributed by atoms with Crippen LogP contribution in [-0.2, 0) is 6.42 Å². The molecule has 1 amide bonds. The van der Waals surface area contributed by atoms with Gasteiger partial charge in [0.25, 0.3) is 5.91 Å². The topological polar surface area (TPSA) is 63.4 Å². The second-order valence-electron chi connectivity index (χ2n) is 5.17. The Labute approximate surface area is 130 Å². The predicted molar refractivity (Wildman–Crippen MR) is 85.8 cm³/mol. The van der Waals surface area contributed by atoms with Crippen LogP contribution in [0.3, 0.4) is 0 Å². The lowest BCUT2D eigenvalue weighted by atomic mass is 10.1. The number of nitrogens with one attached hydrogen (secondary N) is 2. The Kier molecular flexibility index (Phi) is 5.09. The number of carbonyl (C=O) groups is 1. The van der Waals surface area contributed by atoms with Gasteiger partial charge in [-0.25, -0.2) is 0 Å². The number of aromatic nitrogens is 1. The van der Waals surface area contributed by atoms with Crippen LogP contribution in [0.2, 0.25) is 0 Å². The van der Waals surface area contributed by atoms with Crippen molar-refractivity contribution in [1.29, 1.82) is 0 Å². The highest BCUT2D eigenvalue weighted by Gasteiger charge is 2.11. The van der Waals surface area contributed by atoms with Crippen molar-refractivity contribution in [2.24, 2.45) is 0 Å². The Morgan fingerprint density at radius 2 is 1.95 bits per heavy atom. The number of amides is 1. The summed E-state index contributed by atoms with van der Waals surface area (Å²) in [7, 11) is 3.26. The lowest BCUT2D eigenvalue weighted by molar-refractivity contribution is 0.0953. The van der Waals surface area contributed by atoms with Gasteiger partial charge in [-0.05, 0) is 50.1 Å². The summed E-state index contributed by atoms with van der Waals surface area (Å²) in [6.45, 7) is 4.36. The van der Waals surface area contributed by atoms with Crippen molar-refractivity contribution in [2.75, 3.05) is 20.8 Å². The minimum atomic E-state index is -0.0660. The molecule has 0 aliphatic carbocycles. The smallest absolute Gasteiger partial charge is 0.253 e. The number of ether oxygens (including phenoxy) is 2. The van der Waals surface area contributed by atoms with Crippen molar-refractivity contribution in [3.8, 4) is 11.5 Å². The number of carbonyl (C=O) groups excluding carboxylic acids is 1. The van der Waals surface area contributed by atoms with Crippen molar-refractivity contribution in [2.45, 2.75) is 20.3 Å². The van der Waals surface area contributed by atoms with Crippen molar-refractivity contribution < 1.29 is 14.3 Å². The van der Waals surface area contributed by atoms with E-state index in [0.29, 0.717) is 18.5 Å². The fourth-order valence-electron chi connectivity index (χ4n) is 2.44. The number of methoxy groups -OCH3 is 2. The number of aromatic amines is 1. The van der Waals surface area contributed by atoms with E-state index >= 15 is 0 Å². The maximum absolute atomic E-state index is 12.2. The Bertz CT molecular complexity index is 662. The van der Waals surface area contributed by atoms with Crippen LogP contribution >= 0.6 is 0 Å². The second-order valence-corrected chi connectivity index (χ2v) is 5.17. The van der Waals surface area contributed by atoms with E-state index < -0.39 is 0 Å². The summed E-state index contributed by atoms with van der Waals surface area (Å²) in [6, 6.07) is 7.51. The average molecular weight is 302 g/mol. The van der Waals surface area contributed by atoms with E-state index in [2.05, 4.69) is 10.3 Å². The van der Waals surface area contributed by atoms with Crippen LogP contribution in [0, 0.1) is 13.8 Å². The molecule has 0 atom stereocenters. The third-order valence-electron chi connectivity index (χ3n) is 3.56. The molecule has 1 aromatic heterocycles. The Morgan fingerprint density at radius 1 is 1.18 bits per heavy atom. The molecule has 2 aromatic rings. The first-order chi connectivity index (χ1) is 10.5. The molecule has 0 unspecified atom stereocenters. The van der Waals surface area contributed by atoms with E-state index in [1.54, 1.807) is 14.2 Å². The van der Waals surface area contributed by atoms with Gasteiger partial charge in [-0.2, -0.15) is 0 Å². The Morgan fingerprint density at radius 3 is 2.55 bits per heavy atom. The zero-order valence-corrected chi connectivity index (χ0v) is 13.4. The van der Waals surface area contributed by atoms with Gasteiger partial charge >= 0.3 is 0 Å². The third-order valence-corrected chi connectivity index (χ3v) is 3.56. The molecule has 5 nitrogen and oxygen atoms in total. The molecule has 2 rings (SSSR count). The number of aryl methyl sites for hydroxylation is 2. The zero-order chi connectivity index (χ0) is 16.1. The van der Waals surface area contributed by atoms with E-state index in [1.807, 2.05) is 38.1 Å². The number of hydrogen-bond donors (Lipinski definition) is 2. The van der Waals surface area contributed by atoms with E-state index in [0.717, 1.165) is 28.5 Å². The van der Waals surface area contributed by atoms with Gasteiger partial charge in [-0.15, -0.1) is 0 Å². The molecule has 0 saturated carbocycles. The monoisotopic (exact) mass is 302 g/mol. The maximum Gasteiger partial charge on any atom is 0.253 e. The predicted octanol–water partition coefficient (Wildman–Crippen LogP) is 2.62. The minimum Gasteiger partial charge on any atom is -0.497 e. The number of H-pyrrole nitrogens is 1. The lowest BCUT2D eigenvalue weighted by Gasteiger charge is -2.11. The first-order valence-electron chi connectivity index (χ1n) is 7.20. The highest BCUT2D eigenvalue weighted by molar-refractivity contribution is 5.95. The van der Waals surface area contributed by atoms with Gasteiger partial charge in [0.2, 0.25) is 0 Å². The highest BCUT2D eigenvalue weighted by atomic mass is 16.5. The molecular weight excluding hydrogens is 280 g/mol. The molecule has 0 aliphatic heterocycles. The van der Waals surface area contributed by atoms with Crippen LogP contribution in [0.1, 0.15) is 27.3 Å². The number of benzene rings is 1. The molecule has 5 heteroatoms. The van der Waals surface area contributed by atoms with Crippen molar-refractivity contribution in [1.82, 2.24) is 10.3 Å². The van der Waals surface area contributed by atoms with Gasteiger partial charge in [0, 0.05) is 17.9 Å². The zero-order valence-electron chi connectivity index (χ0n) is 13.4. The molecule has 2 N–H and O–H groups in total. The summed E-state index contributed by atoms with van der Waals surface area (Å²) in [6.07, 6.45) is 0.675. The molecule has 0 aliphatic rings. The second kappa shape index (κ2) is 7.02. The SMILES string of the molecule is COc1ccc(OC)c(CCNC(=O)c2cc(C)[nH]c2C)c1. The van der Waals surface area contributed by atoms with E-state index in [4.69, 9.17) is 9.47 Å². The fourth-order valence-corrected chi connectivity index (χ4v) is 2.44. The van der Waals surface area contributed by atoms with Crippen molar-refractivity contribution in [3.63, 3.8) is 0 Å². The maximum atomic E-state index is 12.2. The van der Waals surface area contributed by atoms with Crippen LogP contribution in [-0.4, -0.2) is 31.7 Å². The van der Waals surface area contributed by atoms with E-state index in [1.165, 1.54) is 0 Å². The number of rotatable bonds is 6. The van der Waals surface area contributed by atoms with Crippen LogP contribution in [0.5, 0.6) is 11.5 Å². The first kappa shape index (κ1) is 15.9. The van der Waals surface area contributed by atoms with Crippen molar-refractivity contribution >= 4 is 5.91 Å². The molecule has 0 saturated heterocycles. The summed E-state index contributed by atoms with van der Waals surface area (Å²) in [5, 5.41) is 2.94. The number of hydrogen-bond acceptors (Lipinski definition) is 3. The molecular formula is C17H22N2O3. The summed E-state index contributed by atoms with van der Waals surface area (Å²) in [5.74, 6) is 1.51. The van der Waals surface area contributed by atoms with Gasteiger partial charge in [0.1, 0.15) is 11.5 Å². The van der Waals surface area contributed by atoms with Gasteiger partial charge in [-0.3, -0.25) is 4.79 Å². The van der Waals surface area contributed by atoms with Crippen molar-refractivity contribution in [3.05, 3.63) is 46.8 Å². The Balaban J connectivity index is 1.99. The summed E-state index contributed by atoms with van der Waals surface area (Å²) in [5.41, 5.74) is 3.56. The highest BCUT2D eigenvalue weighted by Crippen LogP contribution is 2.24. The van der Waals surface area contributed by atoms with Crippen LogP contribution in [0.15, 0.2) is 24.3 Å². The summed E-state index contributed by atoms with van der Waals surface area (Å²) in [4.78, 5) is 15.3. The summed E-state index contributed by atoms with van der Waals surface area (Å²) < 4.78 is 10.6. The quantitative estimate of drug-likeness (QED) is 0.862. The molecule has 0 fully saturated rings. The van der Waals surface area contributed by atoms with Crippen LogP contribution < -0.4 is 14.8 Å². The molecule has 118 valence electrons. The van der Waals surface area contributed by atoms with Gasteiger partial charge in [0.15, 0.2) is 0 Å². The van der Waals surface area contributed by atoms with Crippen LogP contribution in [0.4, 0.5) is 0 Å². The van der Waals surface area contributed by atoms with Crippen LogP contribution in [0.25, 0.3) is 0 Å². The van der Waals surface area contributed by atoms with E-state index in [-0.39, 0.29) is 5.91 Å². The molecule has 22 heavy (non-hydrogen) atoms. The Hall–Kier alpha value is -2.43. The van der Waals surface area contributed by atoms with Gasteiger partial charge < -0.3 is 19.8 Å². The normalized spacial score (nSPS) is 10.4.